The lowest BCUT2D eigenvalue weighted by Crippen LogP contribution is -2.15. The van der Waals surface area contributed by atoms with E-state index in [4.69, 9.17) is 19.3 Å². The second-order valence-corrected chi connectivity index (χ2v) is 7.34. The van der Waals surface area contributed by atoms with Crippen LogP contribution in [0.5, 0.6) is 17.2 Å². The SMILES string of the molecule is COc1cc(/C=C/C(=O)Nc2ccc(C)c(S(N)(=O)=O)c2)cc(OC)c1OC. The van der Waals surface area contributed by atoms with Crippen LogP contribution in [0.15, 0.2) is 41.3 Å². The van der Waals surface area contributed by atoms with Crippen molar-refractivity contribution in [3.8, 4) is 17.2 Å². The average Bonchev–Trinajstić information content (AvgIpc) is 2.65. The second-order valence-electron chi connectivity index (χ2n) is 5.81. The molecule has 0 spiro atoms. The van der Waals surface area contributed by atoms with Gasteiger partial charge in [-0.3, -0.25) is 4.79 Å². The molecule has 0 aromatic heterocycles. The van der Waals surface area contributed by atoms with Crippen LogP contribution in [-0.2, 0) is 14.8 Å². The topological polar surface area (TPSA) is 117 Å². The fourth-order valence-electron chi connectivity index (χ4n) is 2.54. The highest BCUT2D eigenvalue weighted by molar-refractivity contribution is 7.89. The van der Waals surface area contributed by atoms with Crippen LogP contribution in [0.2, 0.25) is 0 Å². The molecule has 0 saturated heterocycles. The largest absolute Gasteiger partial charge is 0.493 e. The van der Waals surface area contributed by atoms with E-state index in [1.165, 1.54) is 33.5 Å². The minimum absolute atomic E-state index is 0.0427. The maximum atomic E-state index is 12.2. The number of methoxy groups -OCH3 is 3. The van der Waals surface area contributed by atoms with Crippen molar-refractivity contribution in [3.63, 3.8) is 0 Å². The first-order chi connectivity index (χ1) is 13.2. The summed E-state index contributed by atoms with van der Waals surface area (Å²) in [6.45, 7) is 1.62. The van der Waals surface area contributed by atoms with Gasteiger partial charge in [0.25, 0.3) is 0 Å². The Hall–Kier alpha value is -3.04. The lowest BCUT2D eigenvalue weighted by molar-refractivity contribution is -0.111. The molecule has 0 aliphatic heterocycles. The van der Waals surface area contributed by atoms with Gasteiger partial charge >= 0.3 is 0 Å². The molecule has 0 fully saturated rings. The van der Waals surface area contributed by atoms with E-state index in [1.54, 1.807) is 37.3 Å². The summed E-state index contributed by atoms with van der Waals surface area (Å²) in [5, 5.41) is 7.78. The molecule has 2 aromatic rings. The number of carbonyl (C=O) groups excluding carboxylic acids is 1. The molecule has 2 aromatic carbocycles. The van der Waals surface area contributed by atoms with Crippen LogP contribution in [0.4, 0.5) is 5.69 Å². The molecule has 28 heavy (non-hydrogen) atoms. The molecule has 0 aliphatic carbocycles. The molecule has 0 unspecified atom stereocenters. The highest BCUT2D eigenvalue weighted by Crippen LogP contribution is 2.38. The number of benzene rings is 2. The number of ether oxygens (including phenoxy) is 3. The summed E-state index contributed by atoms with van der Waals surface area (Å²) in [5.74, 6) is 0.913. The number of primary sulfonamides is 1. The van der Waals surface area contributed by atoms with E-state index >= 15 is 0 Å². The molecule has 3 N–H and O–H groups in total. The van der Waals surface area contributed by atoms with Crippen molar-refractivity contribution < 1.29 is 27.4 Å². The molecule has 150 valence electrons. The lowest BCUT2D eigenvalue weighted by Gasteiger charge is -2.12. The molecule has 0 heterocycles. The Kier molecular flexibility index (Phi) is 6.66. The third-order valence-corrected chi connectivity index (χ3v) is 4.93. The Morgan fingerprint density at radius 3 is 2.14 bits per heavy atom. The number of rotatable bonds is 7. The number of anilines is 1. The first kappa shape index (κ1) is 21.3. The summed E-state index contributed by atoms with van der Waals surface area (Å²) in [7, 11) is 0.619. The molecule has 0 aliphatic rings. The number of amides is 1. The van der Waals surface area contributed by atoms with Crippen LogP contribution >= 0.6 is 0 Å². The molecular formula is C19H22N2O6S. The van der Waals surface area contributed by atoms with Gasteiger partial charge in [0.2, 0.25) is 21.7 Å². The number of sulfonamides is 1. The predicted molar refractivity (Wildman–Crippen MR) is 106 cm³/mol. The van der Waals surface area contributed by atoms with Crippen LogP contribution < -0.4 is 24.7 Å². The maximum Gasteiger partial charge on any atom is 0.248 e. The summed E-state index contributed by atoms with van der Waals surface area (Å²) in [5.41, 5.74) is 1.46. The molecule has 0 bridgehead atoms. The van der Waals surface area contributed by atoms with Crippen molar-refractivity contribution >= 4 is 27.7 Å². The zero-order chi connectivity index (χ0) is 20.9. The summed E-state index contributed by atoms with van der Waals surface area (Å²) in [6.07, 6.45) is 2.87. The predicted octanol–water partition coefficient (Wildman–Crippen LogP) is 2.32. The van der Waals surface area contributed by atoms with E-state index < -0.39 is 15.9 Å². The van der Waals surface area contributed by atoms with Gasteiger partial charge in [-0.2, -0.15) is 0 Å². The van der Waals surface area contributed by atoms with E-state index in [1.807, 2.05) is 0 Å². The van der Waals surface area contributed by atoms with E-state index in [0.717, 1.165) is 0 Å². The number of aryl methyl sites for hydroxylation is 1. The van der Waals surface area contributed by atoms with Gasteiger partial charge < -0.3 is 19.5 Å². The van der Waals surface area contributed by atoms with Crippen molar-refractivity contribution in [3.05, 3.63) is 47.5 Å². The van der Waals surface area contributed by atoms with Gasteiger partial charge in [0, 0.05) is 11.8 Å². The van der Waals surface area contributed by atoms with E-state index in [2.05, 4.69) is 5.32 Å². The van der Waals surface area contributed by atoms with Crippen LogP contribution in [-0.4, -0.2) is 35.7 Å². The zero-order valence-corrected chi connectivity index (χ0v) is 16.8. The molecule has 8 nitrogen and oxygen atoms in total. The van der Waals surface area contributed by atoms with Crippen molar-refractivity contribution in [2.45, 2.75) is 11.8 Å². The third kappa shape index (κ3) is 5.02. The van der Waals surface area contributed by atoms with E-state index in [-0.39, 0.29) is 4.90 Å². The molecule has 1 amide bonds. The van der Waals surface area contributed by atoms with Crippen LogP contribution in [0.1, 0.15) is 11.1 Å². The Labute approximate surface area is 164 Å². The lowest BCUT2D eigenvalue weighted by atomic mass is 10.1. The minimum Gasteiger partial charge on any atom is -0.493 e. The number of hydrogen-bond donors (Lipinski definition) is 2. The van der Waals surface area contributed by atoms with Crippen LogP contribution in [0, 0.1) is 6.92 Å². The van der Waals surface area contributed by atoms with Gasteiger partial charge in [-0.05, 0) is 48.4 Å². The standard InChI is InChI=1S/C19H22N2O6S/c1-12-5-7-14(11-17(12)28(20,23)24)21-18(22)8-6-13-9-15(25-2)19(27-4)16(10-13)26-3/h5-11H,1-4H3,(H,21,22)(H2,20,23,24)/b8-6+. The Morgan fingerprint density at radius 1 is 1.04 bits per heavy atom. The van der Waals surface area contributed by atoms with Crippen molar-refractivity contribution in [2.75, 3.05) is 26.6 Å². The Morgan fingerprint density at radius 2 is 1.64 bits per heavy atom. The summed E-state index contributed by atoms with van der Waals surface area (Å²) in [4.78, 5) is 12.2. The monoisotopic (exact) mass is 406 g/mol. The van der Waals surface area contributed by atoms with Gasteiger partial charge in [-0.1, -0.05) is 6.07 Å². The van der Waals surface area contributed by atoms with Gasteiger partial charge in [-0.15, -0.1) is 0 Å². The third-order valence-electron chi connectivity index (χ3n) is 3.88. The Balaban J connectivity index is 2.23. The van der Waals surface area contributed by atoms with Gasteiger partial charge in [0.1, 0.15) is 0 Å². The highest BCUT2D eigenvalue weighted by atomic mass is 32.2. The van der Waals surface area contributed by atoms with Gasteiger partial charge in [-0.25, -0.2) is 13.6 Å². The molecule has 0 atom stereocenters. The zero-order valence-electron chi connectivity index (χ0n) is 16.0. The number of nitrogens with two attached hydrogens (primary N) is 1. The minimum atomic E-state index is -3.88. The fourth-order valence-corrected chi connectivity index (χ4v) is 3.35. The summed E-state index contributed by atoms with van der Waals surface area (Å²) < 4.78 is 39.0. The molecule has 0 saturated carbocycles. The quantitative estimate of drug-likeness (QED) is 0.682. The molecule has 0 radical (unpaired) electrons. The number of nitrogens with one attached hydrogen (secondary N) is 1. The van der Waals surface area contributed by atoms with Crippen molar-refractivity contribution in [1.82, 2.24) is 0 Å². The van der Waals surface area contributed by atoms with E-state index in [9.17, 15) is 13.2 Å². The van der Waals surface area contributed by atoms with E-state index in [0.29, 0.717) is 34.1 Å². The Bertz CT molecular complexity index is 990. The highest BCUT2D eigenvalue weighted by Gasteiger charge is 2.14. The fraction of sp³-hybridized carbons (Fsp3) is 0.211. The van der Waals surface area contributed by atoms with Crippen LogP contribution in [0.25, 0.3) is 6.08 Å². The number of hydrogen-bond acceptors (Lipinski definition) is 6. The molecule has 2 rings (SSSR count). The average molecular weight is 406 g/mol. The normalized spacial score (nSPS) is 11.3. The molecular weight excluding hydrogens is 384 g/mol. The van der Waals surface area contributed by atoms with Crippen molar-refractivity contribution in [1.29, 1.82) is 0 Å². The van der Waals surface area contributed by atoms with Gasteiger partial charge in [0.05, 0.1) is 26.2 Å². The van der Waals surface area contributed by atoms with Gasteiger partial charge in [0.15, 0.2) is 11.5 Å². The second kappa shape index (κ2) is 8.77. The summed E-state index contributed by atoms with van der Waals surface area (Å²) in [6, 6.07) is 7.86. The van der Waals surface area contributed by atoms with Crippen LogP contribution in [0.3, 0.4) is 0 Å². The first-order valence-electron chi connectivity index (χ1n) is 8.12. The maximum absolute atomic E-state index is 12.2. The smallest absolute Gasteiger partial charge is 0.248 e. The first-order valence-corrected chi connectivity index (χ1v) is 9.66. The number of carbonyl (C=O) groups is 1. The summed E-state index contributed by atoms with van der Waals surface area (Å²) >= 11 is 0. The molecule has 9 heteroatoms. The van der Waals surface area contributed by atoms with Crippen molar-refractivity contribution in [2.24, 2.45) is 5.14 Å².